The highest BCUT2D eigenvalue weighted by atomic mass is 79.9. The highest BCUT2D eigenvalue weighted by Gasteiger charge is 2.14. The van der Waals surface area contributed by atoms with Crippen molar-refractivity contribution in [3.8, 4) is 0 Å². The van der Waals surface area contributed by atoms with Crippen LogP contribution in [0.3, 0.4) is 0 Å². The van der Waals surface area contributed by atoms with Crippen molar-refractivity contribution in [3.63, 3.8) is 0 Å². The molecular formula is C17H22BrOP. The number of halogens is 1. The summed E-state index contributed by atoms with van der Waals surface area (Å²) in [5.41, 5.74) is 7.49. The Morgan fingerprint density at radius 3 is 1.25 bits per heavy atom. The summed E-state index contributed by atoms with van der Waals surface area (Å²) in [4.78, 5) is 0. The van der Waals surface area contributed by atoms with Gasteiger partial charge in [-0.3, -0.25) is 0 Å². The predicted molar refractivity (Wildman–Crippen MR) is 94.8 cm³/mol. The maximum absolute atomic E-state index is 5.66. The highest BCUT2D eigenvalue weighted by Crippen LogP contribution is 2.30. The predicted octanol–water partition coefficient (Wildman–Crippen LogP) is 5.39. The van der Waals surface area contributed by atoms with Crippen molar-refractivity contribution in [1.82, 2.24) is 0 Å². The van der Waals surface area contributed by atoms with E-state index in [4.69, 9.17) is 4.52 Å². The lowest BCUT2D eigenvalue weighted by atomic mass is 9.96. The van der Waals surface area contributed by atoms with Crippen molar-refractivity contribution < 1.29 is 4.52 Å². The molecule has 0 heterocycles. The minimum Gasteiger partial charge on any atom is -0.353 e. The lowest BCUT2D eigenvalue weighted by molar-refractivity contribution is 0.293. The van der Waals surface area contributed by atoms with Crippen LogP contribution >= 0.6 is 26.4 Å². The summed E-state index contributed by atoms with van der Waals surface area (Å²) >= 11 is 0. The van der Waals surface area contributed by atoms with Crippen LogP contribution in [0.1, 0.15) is 39.5 Å². The van der Waals surface area contributed by atoms with Crippen molar-refractivity contribution in [1.29, 1.82) is 0 Å². The Balaban J connectivity index is 0.00000200. The summed E-state index contributed by atoms with van der Waals surface area (Å²) < 4.78 is 5.66. The summed E-state index contributed by atoms with van der Waals surface area (Å²) in [5, 5.41) is 0. The first-order chi connectivity index (χ1) is 8.99. The van der Waals surface area contributed by atoms with Crippen LogP contribution in [-0.2, 0) is 4.52 Å². The third kappa shape index (κ3) is 4.15. The van der Waals surface area contributed by atoms with Crippen LogP contribution in [0.5, 0.6) is 0 Å². The summed E-state index contributed by atoms with van der Waals surface area (Å²) in [6, 6.07) is 13.1. The van der Waals surface area contributed by atoms with Crippen LogP contribution in [-0.4, -0.2) is 0 Å². The van der Waals surface area contributed by atoms with Crippen molar-refractivity contribution in [2.24, 2.45) is 0 Å². The number of hydrogen-bond acceptors (Lipinski definition) is 1. The fourth-order valence-electron chi connectivity index (χ4n) is 2.67. The number of benzene rings is 2. The van der Waals surface area contributed by atoms with Crippen molar-refractivity contribution in [3.05, 3.63) is 69.8 Å². The van der Waals surface area contributed by atoms with Gasteiger partial charge in [0.25, 0.3) is 0 Å². The molecule has 20 heavy (non-hydrogen) atoms. The minimum absolute atomic E-state index is 0. The van der Waals surface area contributed by atoms with Gasteiger partial charge in [0.2, 0.25) is 0 Å². The molecule has 0 N–H and O–H groups in total. The molecule has 0 radical (unpaired) electrons. The molecule has 0 aromatic heterocycles. The van der Waals surface area contributed by atoms with E-state index in [-0.39, 0.29) is 23.1 Å². The largest absolute Gasteiger partial charge is 0.353 e. The van der Waals surface area contributed by atoms with Gasteiger partial charge in [-0.15, -0.1) is 17.0 Å². The molecule has 2 aromatic rings. The van der Waals surface area contributed by atoms with Crippen LogP contribution < -0.4 is 0 Å². The Morgan fingerprint density at radius 1 is 0.700 bits per heavy atom. The van der Waals surface area contributed by atoms with E-state index in [1.807, 2.05) is 0 Å². The summed E-state index contributed by atoms with van der Waals surface area (Å²) in [6.45, 7) is 8.49. The second-order valence-corrected chi connectivity index (χ2v) is 5.63. The van der Waals surface area contributed by atoms with Gasteiger partial charge < -0.3 is 4.52 Å². The number of rotatable bonds is 3. The number of hydrogen-bond donors (Lipinski definition) is 0. The Kier molecular flexibility index (Phi) is 6.39. The third-order valence-corrected chi connectivity index (χ3v) is 3.50. The molecule has 0 bridgehead atoms. The Bertz CT molecular complexity index is 504. The lowest BCUT2D eigenvalue weighted by Gasteiger charge is -2.18. The zero-order chi connectivity index (χ0) is 14.0. The molecule has 3 heteroatoms. The van der Waals surface area contributed by atoms with Gasteiger partial charge in [0.1, 0.15) is 6.10 Å². The molecule has 1 atom stereocenters. The zero-order valence-electron chi connectivity index (χ0n) is 12.4. The molecule has 0 fully saturated rings. The molecule has 0 saturated carbocycles. The third-order valence-electron chi connectivity index (χ3n) is 3.23. The van der Waals surface area contributed by atoms with Gasteiger partial charge in [-0.25, -0.2) is 0 Å². The molecule has 0 amide bonds. The standard InChI is InChI=1S/C17H21OP.BrH/c1-11-5-12(2)8-15(7-11)17(18-19)16-9-13(3)6-14(4)10-16;/h5-10,17H,19H2,1-4H3;1H. The second kappa shape index (κ2) is 7.36. The van der Waals surface area contributed by atoms with E-state index >= 15 is 0 Å². The van der Waals surface area contributed by atoms with Crippen LogP contribution in [0, 0.1) is 27.7 Å². The Morgan fingerprint density at radius 2 is 1.00 bits per heavy atom. The van der Waals surface area contributed by atoms with Gasteiger partial charge >= 0.3 is 0 Å². The molecule has 0 spiro atoms. The first kappa shape index (κ1) is 17.4. The molecule has 108 valence electrons. The van der Waals surface area contributed by atoms with Crippen molar-refractivity contribution in [2.75, 3.05) is 0 Å². The molecule has 2 aromatic carbocycles. The lowest BCUT2D eigenvalue weighted by Crippen LogP contribution is -2.03. The molecule has 0 aliphatic heterocycles. The summed E-state index contributed by atoms with van der Waals surface area (Å²) in [6.07, 6.45) is -0.0257. The minimum atomic E-state index is -0.0257. The molecule has 1 nitrogen and oxygen atoms in total. The first-order valence-corrected chi connectivity index (χ1v) is 6.98. The fraction of sp³-hybridized carbons (Fsp3) is 0.294. The quantitative estimate of drug-likeness (QED) is 0.672. The van der Waals surface area contributed by atoms with E-state index in [1.54, 1.807) is 0 Å². The average Bonchev–Trinajstić information content (AvgIpc) is 2.27. The fourth-order valence-corrected chi connectivity index (χ4v) is 2.99. The van der Waals surface area contributed by atoms with E-state index in [0.29, 0.717) is 0 Å². The highest BCUT2D eigenvalue weighted by molar-refractivity contribution is 8.93. The Labute approximate surface area is 134 Å². The van der Waals surface area contributed by atoms with Gasteiger partial charge in [0, 0.05) is 9.47 Å². The van der Waals surface area contributed by atoms with Crippen LogP contribution in [0.2, 0.25) is 0 Å². The monoisotopic (exact) mass is 352 g/mol. The van der Waals surface area contributed by atoms with Crippen LogP contribution in [0.15, 0.2) is 36.4 Å². The topological polar surface area (TPSA) is 9.23 Å². The van der Waals surface area contributed by atoms with Gasteiger partial charge in [0.15, 0.2) is 0 Å². The van der Waals surface area contributed by atoms with E-state index in [1.165, 1.54) is 33.4 Å². The maximum atomic E-state index is 5.66. The SMILES string of the molecule is Br.Cc1cc(C)cc(C(OP)c2cc(C)cc(C)c2)c1. The van der Waals surface area contributed by atoms with Gasteiger partial charge in [-0.2, -0.15) is 0 Å². The molecule has 0 aliphatic rings. The zero-order valence-corrected chi connectivity index (χ0v) is 15.3. The average molecular weight is 353 g/mol. The van der Waals surface area contributed by atoms with Crippen molar-refractivity contribution in [2.45, 2.75) is 33.8 Å². The van der Waals surface area contributed by atoms with E-state index in [9.17, 15) is 0 Å². The van der Waals surface area contributed by atoms with E-state index < -0.39 is 0 Å². The van der Waals surface area contributed by atoms with Crippen molar-refractivity contribution >= 4 is 26.4 Å². The van der Waals surface area contributed by atoms with Crippen LogP contribution in [0.25, 0.3) is 0 Å². The van der Waals surface area contributed by atoms with Gasteiger partial charge in [-0.05, 0) is 38.8 Å². The summed E-state index contributed by atoms with van der Waals surface area (Å²) in [5.74, 6) is 0. The molecule has 0 saturated heterocycles. The van der Waals surface area contributed by atoms with E-state index in [2.05, 4.69) is 73.6 Å². The summed E-state index contributed by atoms with van der Waals surface area (Å²) in [7, 11) is 2.40. The molecule has 0 aliphatic carbocycles. The smallest absolute Gasteiger partial charge is 0.111 e. The first-order valence-electron chi connectivity index (χ1n) is 6.51. The normalized spacial score (nSPS) is 10.5. The van der Waals surface area contributed by atoms with Gasteiger partial charge in [-0.1, -0.05) is 58.7 Å². The van der Waals surface area contributed by atoms with Crippen LogP contribution in [0.4, 0.5) is 0 Å². The molecule has 1 unspecified atom stereocenters. The molecular weight excluding hydrogens is 331 g/mol. The Hall–Kier alpha value is -0.690. The van der Waals surface area contributed by atoms with E-state index in [0.717, 1.165) is 0 Å². The molecule has 2 rings (SSSR count). The maximum Gasteiger partial charge on any atom is 0.111 e. The second-order valence-electron chi connectivity index (χ2n) is 5.36. The number of aryl methyl sites for hydroxylation is 4. The van der Waals surface area contributed by atoms with Gasteiger partial charge in [0.05, 0.1) is 0 Å².